The summed E-state index contributed by atoms with van der Waals surface area (Å²) in [6, 6.07) is 0. The van der Waals surface area contributed by atoms with Gasteiger partial charge >= 0.3 is 0 Å². The summed E-state index contributed by atoms with van der Waals surface area (Å²) in [5.74, 6) is 1.04. The Balaban J connectivity index is 2.98. The molecule has 0 aliphatic carbocycles. The number of thiol groups is 1. The van der Waals surface area contributed by atoms with Gasteiger partial charge in [0.05, 0.1) is 0 Å². The van der Waals surface area contributed by atoms with Crippen molar-refractivity contribution in [3.05, 3.63) is 0 Å². The van der Waals surface area contributed by atoms with Crippen LogP contribution in [0.5, 0.6) is 0 Å². The third kappa shape index (κ3) is 14.4. The molecular weight excluding hydrogens is 278 g/mol. The zero-order valence-electron chi connectivity index (χ0n) is 11.3. The molecule has 106 valence electrons. The average Bonchev–Trinajstić information content (AvgIpc) is 2.39. The van der Waals surface area contributed by atoms with Crippen molar-refractivity contribution in [1.29, 1.82) is 0 Å². The Bertz CT molecular complexity index is 207. The maximum atomic E-state index is 4.96. The minimum absolute atomic E-state index is 0.700. The highest BCUT2D eigenvalue weighted by molar-refractivity contribution is 7.88. The third-order valence-electron chi connectivity index (χ3n) is 2.99. The van der Waals surface area contributed by atoms with Gasteiger partial charge in [-0.15, -0.1) is 0 Å². The minimum Gasteiger partial charge on any atom is -0.376 e. The van der Waals surface area contributed by atoms with Gasteiger partial charge in [-0.3, -0.25) is 0 Å². The topological polar surface area (TPSA) is 12.0 Å². The van der Waals surface area contributed by atoms with E-state index in [0.29, 0.717) is 4.99 Å². The first kappa shape index (κ1) is 18.3. The van der Waals surface area contributed by atoms with Crippen LogP contribution < -0.4 is 5.32 Å². The minimum atomic E-state index is 0.700. The van der Waals surface area contributed by atoms with Crippen molar-refractivity contribution in [2.24, 2.45) is 0 Å². The molecule has 0 aromatic heterocycles. The molecule has 0 saturated heterocycles. The van der Waals surface area contributed by atoms with E-state index in [4.69, 9.17) is 24.4 Å². The summed E-state index contributed by atoms with van der Waals surface area (Å²) in [6.45, 7) is 0.968. The van der Waals surface area contributed by atoms with Crippen molar-refractivity contribution in [1.82, 2.24) is 5.32 Å². The highest BCUT2D eigenvalue weighted by Gasteiger charge is 1.93. The molecule has 0 unspecified atom stereocenters. The van der Waals surface area contributed by atoms with Crippen molar-refractivity contribution in [2.75, 3.05) is 12.3 Å². The van der Waals surface area contributed by atoms with Gasteiger partial charge in [0, 0.05) is 11.9 Å². The maximum Gasteiger partial charge on any atom is 0.110 e. The second kappa shape index (κ2) is 15.4. The number of hydrogen-bond donors (Lipinski definition) is 2. The van der Waals surface area contributed by atoms with E-state index in [9.17, 15) is 0 Å². The Kier molecular flexibility index (Phi) is 15.7. The van der Waals surface area contributed by atoms with E-state index < -0.39 is 0 Å². The highest BCUT2D eigenvalue weighted by Crippen LogP contribution is 2.10. The summed E-state index contributed by atoms with van der Waals surface area (Å²) < 4.78 is 0. The van der Waals surface area contributed by atoms with Crippen molar-refractivity contribution in [3.63, 3.8) is 0 Å². The van der Waals surface area contributed by atoms with Crippen LogP contribution >= 0.6 is 37.1 Å². The molecule has 0 rings (SSSR count). The molecule has 0 aliphatic heterocycles. The Morgan fingerprint density at radius 2 is 1.28 bits per heavy atom. The van der Waals surface area contributed by atoms with Gasteiger partial charge in [-0.2, -0.15) is 12.6 Å². The van der Waals surface area contributed by atoms with Crippen LogP contribution in [0.1, 0.15) is 64.2 Å². The molecule has 0 aromatic rings. The van der Waals surface area contributed by atoms with Gasteiger partial charge in [0.15, 0.2) is 0 Å². The van der Waals surface area contributed by atoms with E-state index in [1.165, 1.54) is 69.6 Å². The molecule has 1 N–H and O–H groups in total. The van der Waals surface area contributed by atoms with Crippen LogP contribution in [0.25, 0.3) is 0 Å². The van der Waals surface area contributed by atoms with Crippen molar-refractivity contribution in [3.8, 4) is 0 Å². The zero-order valence-corrected chi connectivity index (χ0v) is 13.9. The molecule has 0 spiro atoms. The lowest BCUT2D eigenvalue weighted by Gasteiger charge is -2.04. The van der Waals surface area contributed by atoms with Crippen molar-refractivity contribution >= 4 is 47.4 Å². The Morgan fingerprint density at radius 1 is 0.833 bits per heavy atom. The first-order valence-corrected chi connectivity index (χ1v) is 8.66. The lowest BCUT2D eigenvalue weighted by molar-refractivity contribution is 0.556. The third-order valence-corrected chi connectivity index (χ3v) is 3.95. The van der Waals surface area contributed by atoms with Gasteiger partial charge < -0.3 is 5.32 Å². The van der Waals surface area contributed by atoms with Gasteiger partial charge in [0.1, 0.15) is 4.99 Å². The zero-order chi connectivity index (χ0) is 13.5. The fourth-order valence-electron chi connectivity index (χ4n) is 1.90. The van der Waals surface area contributed by atoms with Crippen LogP contribution in [0.4, 0.5) is 0 Å². The molecule has 1 nitrogen and oxygen atoms in total. The Morgan fingerprint density at radius 3 is 1.72 bits per heavy atom. The fourth-order valence-corrected chi connectivity index (χ4v) is 2.31. The standard InChI is InChI=1S/C14H27NS3/c16-12-10-8-6-4-2-1-3-5-7-9-11-15-14(18)13-17/h13,16H,1-12H2,(H,15,18). The van der Waals surface area contributed by atoms with Crippen molar-refractivity contribution in [2.45, 2.75) is 64.2 Å². The van der Waals surface area contributed by atoms with Crippen LogP contribution in [0.15, 0.2) is 0 Å². The van der Waals surface area contributed by atoms with Crippen LogP contribution in [0, 0.1) is 0 Å². The summed E-state index contributed by atoms with van der Waals surface area (Å²) in [6.07, 6.45) is 13.4. The van der Waals surface area contributed by atoms with Gasteiger partial charge in [0.25, 0.3) is 0 Å². The average molecular weight is 306 g/mol. The molecule has 0 radical (unpaired) electrons. The normalized spacial score (nSPS) is 10.3. The summed E-state index contributed by atoms with van der Waals surface area (Å²) in [4.78, 5) is 0.700. The highest BCUT2D eigenvalue weighted by atomic mass is 32.1. The van der Waals surface area contributed by atoms with Gasteiger partial charge in [-0.05, 0) is 18.6 Å². The van der Waals surface area contributed by atoms with Crippen molar-refractivity contribution < 1.29 is 0 Å². The first-order valence-electron chi connectivity index (χ1n) is 7.15. The predicted octanol–water partition coefficient (Wildman–Crippen LogP) is 4.73. The SMILES string of the molecule is S=CC(=S)NCCCCCCCCCCCCS. The number of rotatable bonds is 13. The van der Waals surface area contributed by atoms with Crippen LogP contribution in [-0.4, -0.2) is 22.7 Å². The molecule has 0 aliphatic rings. The second-order valence-corrected chi connectivity index (χ2v) is 5.79. The van der Waals surface area contributed by atoms with E-state index >= 15 is 0 Å². The molecule has 0 saturated carbocycles. The van der Waals surface area contributed by atoms with E-state index in [0.717, 1.165) is 12.3 Å². The van der Waals surface area contributed by atoms with Gasteiger partial charge in [-0.1, -0.05) is 75.8 Å². The maximum absolute atomic E-state index is 4.96. The number of thiocarbonyl (C=S) groups is 2. The lowest BCUT2D eigenvalue weighted by Crippen LogP contribution is -2.22. The van der Waals surface area contributed by atoms with Gasteiger partial charge in [0.2, 0.25) is 0 Å². The number of unbranched alkanes of at least 4 members (excludes halogenated alkanes) is 9. The van der Waals surface area contributed by atoms with Crippen LogP contribution in [0.2, 0.25) is 0 Å². The number of hydrogen-bond acceptors (Lipinski definition) is 3. The van der Waals surface area contributed by atoms with Crippen LogP contribution in [0.3, 0.4) is 0 Å². The molecule has 18 heavy (non-hydrogen) atoms. The van der Waals surface area contributed by atoms with Gasteiger partial charge in [-0.25, -0.2) is 0 Å². The van der Waals surface area contributed by atoms with E-state index in [1.54, 1.807) is 0 Å². The lowest BCUT2D eigenvalue weighted by atomic mass is 10.1. The number of nitrogens with one attached hydrogen (secondary N) is 1. The summed E-state index contributed by atoms with van der Waals surface area (Å²) in [5.41, 5.74) is 0. The molecule has 4 heteroatoms. The largest absolute Gasteiger partial charge is 0.376 e. The summed E-state index contributed by atoms with van der Waals surface area (Å²) in [5, 5.41) is 4.66. The fraction of sp³-hybridized carbons (Fsp3) is 0.857. The second-order valence-electron chi connectivity index (χ2n) is 4.67. The monoisotopic (exact) mass is 305 g/mol. The Hall–Kier alpha value is 0.330. The van der Waals surface area contributed by atoms with E-state index in [-0.39, 0.29) is 0 Å². The quantitative estimate of drug-likeness (QED) is 0.290. The molecule has 0 atom stereocenters. The molecular formula is C14H27NS3. The summed E-state index contributed by atoms with van der Waals surface area (Å²) >= 11 is 13.9. The molecule has 0 fully saturated rings. The predicted molar refractivity (Wildman–Crippen MR) is 94.3 cm³/mol. The summed E-state index contributed by atoms with van der Waals surface area (Å²) in [7, 11) is 0. The smallest absolute Gasteiger partial charge is 0.110 e. The molecule has 0 heterocycles. The van der Waals surface area contributed by atoms with E-state index in [2.05, 4.69) is 17.9 Å². The van der Waals surface area contributed by atoms with Crippen LogP contribution in [-0.2, 0) is 0 Å². The molecule has 0 amide bonds. The molecule has 0 aromatic carbocycles. The first-order chi connectivity index (χ1) is 8.81. The molecule has 0 bridgehead atoms. The van der Waals surface area contributed by atoms with E-state index in [1.807, 2.05) is 0 Å². The Labute approximate surface area is 129 Å².